The number of aryl methyl sites for hydroxylation is 2. The van der Waals surface area contributed by atoms with E-state index in [-0.39, 0.29) is 18.4 Å². The Morgan fingerprint density at radius 2 is 1.83 bits per heavy atom. The molecule has 0 saturated carbocycles. The molecule has 1 amide bonds. The minimum absolute atomic E-state index is 0.0570. The molecule has 2 N–H and O–H groups in total. The van der Waals surface area contributed by atoms with Gasteiger partial charge in [-0.2, -0.15) is 0 Å². The van der Waals surface area contributed by atoms with Gasteiger partial charge in [-0.25, -0.2) is 0 Å². The number of carbonyl (C=O) groups is 2. The van der Waals surface area contributed by atoms with Crippen molar-refractivity contribution in [2.24, 2.45) is 0 Å². The number of amides is 1. The molecular formula is C14H19NO3. The summed E-state index contributed by atoms with van der Waals surface area (Å²) in [5.74, 6) is -1.05. The minimum Gasteiger partial charge on any atom is -0.481 e. The summed E-state index contributed by atoms with van der Waals surface area (Å²) in [6.45, 7) is 5.63. The van der Waals surface area contributed by atoms with Crippen LogP contribution in [0.25, 0.3) is 0 Å². The van der Waals surface area contributed by atoms with Crippen LogP contribution in [0.2, 0.25) is 0 Å². The van der Waals surface area contributed by atoms with Gasteiger partial charge in [0.2, 0.25) is 5.91 Å². The van der Waals surface area contributed by atoms with Crippen molar-refractivity contribution >= 4 is 11.9 Å². The van der Waals surface area contributed by atoms with Crippen molar-refractivity contribution in [2.45, 2.75) is 39.7 Å². The van der Waals surface area contributed by atoms with E-state index in [1.807, 2.05) is 32.0 Å². The van der Waals surface area contributed by atoms with E-state index in [0.29, 0.717) is 6.42 Å². The van der Waals surface area contributed by atoms with E-state index in [4.69, 9.17) is 5.11 Å². The van der Waals surface area contributed by atoms with E-state index in [2.05, 4.69) is 5.32 Å². The Hall–Kier alpha value is -1.84. The standard InChI is InChI=1S/C14H19NO3/c1-9-5-4-6-10(2)12(9)8-13(16)15-11(3)7-14(17)18/h4-6,11H,7-8H2,1-3H3,(H,15,16)(H,17,18). The monoisotopic (exact) mass is 249 g/mol. The highest BCUT2D eigenvalue weighted by atomic mass is 16.4. The van der Waals surface area contributed by atoms with Crippen molar-refractivity contribution in [1.82, 2.24) is 5.32 Å². The Bertz CT molecular complexity index is 434. The quantitative estimate of drug-likeness (QED) is 0.836. The van der Waals surface area contributed by atoms with Crippen LogP contribution in [-0.2, 0) is 16.0 Å². The fourth-order valence-electron chi connectivity index (χ4n) is 1.93. The number of hydrogen-bond donors (Lipinski definition) is 2. The topological polar surface area (TPSA) is 66.4 Å². The lowest BCUT2D eigenvalue weighted by Crippen LogP contribution is -2.35. The summed E-state index contributed by atoms with van der Waals surface area (Å²) in [6.07, 6.45) is 0.237. The summed E-state index contributed by atoms with van der Waals surface area (Å²) >= 11 is 0. The third-order valence-corrected chi connectivity index (χ3v) is 2.87. The molecule has 1 aromatic rings. The van der Waals surface area contributed by atoms with Crippen LogP contribution in [0.15, 0.2) is 18.2 Å². The van der Waals surface area contributed by atoms with Gasteiger partial charge in [0, 0.05) is 6.04 Å². The zero-order chi connectivity index (χ0) is 13.7. The summed E-state index contributed by atoms with van der Waals surface area (Å²) in [6, 6.07) is 5.55. The molecule has 0 fully saturated rings. The molecule has 0 aliphatic carbocycles. The Kier molecular flexibility index (Phi) is 4.89. The summed E-state index contributed by atoms with van der Waals surface area (Å²) in [5.41, 5.74) is 3.17. The van der Waals surface area contributed by atoms with E-state index >= 15 is 0 Å². The Labute approximate surface area is 107 Å². The van der Waals surface area contributed by atoms with E-state index in [9.17, 15) is 9.59 Å². The van der Waals surface area contributed by atoms with E-state index < -0.39 is 5.97 Å². The van der Waals surface area contributed by atoms with E-state index in [0.717, 1.165) is 16.7 Å². The summed E-state index contributed by atoms with van der Waals surface area (Å²) < 4.78 is 0. The third kappa shape index (κ3) is 4.20. The molecule has 18 heavy (non-hydrogen) atoms. The average Bonchev–Trinajstić information content (AvgIpc) is 2.22. The summed E-state index contributed by atoms with van der Waals surface area (Å²) in [7, 11) is 0. The second-order valence-electron chi connectivity index (χ2n) is 4.61. The normalized spacial score (nSPS) is 11.9. The predicted molar refractivity (Wildman–Crippen MR) is 69.5 cm³/mol. The first-order chi connectivity index (χ1) is 8.40. The Morgan fingerprint density at radius 3 is 2.33 bits per heavy atom. The maximum Gasteiger partial charge on any atom is 0.305 e. The molecule has 1 rings (SSSR count). The highest BCUT2D eigenvalue weighted by Crippen LogP contribution is 2.13. The highest BCUT2D eigenvalue weighted by Gasteiger charge is 2.13. The maximum absolute atomic E-state index is 11.8. The lowest BCUT2D eigenvalue weighted by molar-refractivity contribution is -0.137. The molecule has 1 atom stereocenters. The van der Waals surface area contributed by atoms with Crippen LogP contribution >= 0.6 is 0 Å². The molecule has 0 aliphatic heterocycles. The van der Waals surface area contributed by atoms with E-state index in [1.54, 1.807) is 6.92 Å². The summed E-state index contributed by atoms with van der Waals surface area (Å²) in [4.78, 5) is 22.3. The van der Waals surface area contributed by atoms with Gasteiger partial charge in [-0.1, -0.05) is 18.2 Å². The van der Waals surface area contributed by atoms with Crippen molar-refractivity contribution in [3.63, 3.8) is 0 Å². The number of hydrogen-bond acceptors (Lipinski definition) is 2. The molecule has 1 aromatic carbocycles. The lowest BCUT2D eigenvalue weighted by Gasteiger charge is -2.13. The number of carboxylic acid groups (broad SMARTS) is 1. The van der Waals surface area contributed by atoms with Crippen molar-refractivity contribution in [3.05, 3.63) is 34.9 Å². The number of rotatable bonds is 5. The number of carbonyl (C=O) groups excluding carboxylic acids is 1. The van der Waals surface area contributed by atoms with Gasteiger partial charge in [-0.15, -0.1) is 0 Å². The minimum atomic E-state index is -0.908. The molecule has 98 valence electrons. The van der Waals surface area contributed by atoms with Gasteiger partial charge in [-0.3, -0.25) is 9.59 Å². The first-order valence-corrected chi connectivity index (χ1v) is 5.96. The number of benzene rings is 1. The zero-order valence-corrected chi connectivity index (χ0v) is 11.0. The van der Waals surface area contributed by atoms with Crippen LogP contribution in [0.4, 0.5) is 0 Å². The van der Waals surface area contributed by atoms with Crippen LogP contribution in [0.5, 0.6) is 0 Å². The Morgan fingerprint density at radius 1 is 1.28 bits per heavy atom. The second-order valence-corrected chi connectivity index (χ2v) is 4.61. The Balaban J connectivity index is 2.62. The van der Waals surface area contributed by atoms with E-state index in [1.165, 1.54) is 0 Å². The van der Waals surface area contributed by atoms with Gasteiger partial charge >= 0.3 is 5.97 Å². The molecule has 1 unspecified atom stereocenters. The highest BCUT2D eigenvalue weighted by molar-refractivity contribution is 5.80. The average molecular weight is 249 g/mol. The molecule has 4 heteroatoms. The van der Waals surface area contributed by atoms with Gasteiger partial charge in [0.05, 0.1) is 12.8 Å². The van der Waals surface area contributed by atoms with Gasteiger partial charge in [0.25, 0.3) is 0 Å². The summed E-state index contributed by atoms with van der Waals surface area (Å²) in [5, 5.41) is 11.3. The molecule has 0 spiro atoms. The molecule has 4 nitrogen and oxygen atoms in total. The zero-order valence-electron chi connectivity index (χ0n) is 11.0. The number of aliphatic carboxylic acids is 1. The lowest BCUT2D eigenvalue weighted by atomic mass is 10.00. The SMILES string of the molecule is Cc1cccc(C)c1CC(=O)NC(C)CC(=O)O. The number of nitrogens with one attached hydrogen (secondary N) is 1. The smallest absolute Gasteiger partial charge is 0.305 e. The van der Waals surface area contributed by atoms with Crippen molar-refractivity contribution in [1.29, 1.82) is 0 Å². The van der Waals surface area contributed by atoms with Gasteiger partial charge in [0.1, 0.15) is 0 Å². The molecule has 0 aliphatic rings. The van der Waals surface area contributed by atoms with Crippen LogP contribution < -0.4 is 5.32 Å². The van der Waals surface area contributed by atoms with Crippen molar-refractivity contribution in [3.8, 4) is 0 Å². The maximum atomic E-state index is 11.8. The predicted octanol–water partition coefficient (Wildman–Crippen LogP) is 1.83. The van der Waals surface area contributed by atoms with Crippen LogP contribution in [0, 0.1) is 13.8 Å². The fourth-order valence-corrected chi connectivity index (χ4v) is 1.93. The van der Waals surface area contributed by atoms with Gasteiger partial charge in [0.15, 0.2) is 0 Å². The largest absolute Gasteiger partial charge is 0.481 e. The van der Waals surface area contributed by atoms with Crippen molar-refractivity contribution in [2.75, 3.05) is 0 Å². The molecule has 0 heterocycles. The first kappa shape index (κ1) is 14.2. The van der Waals surface area contributed by atoms with Crippen molar-refractivity contribution < 1.29 is 14.7 Å². The van der Waals surface area contributed by atoms with Crippen LogP contribution in [0.1, 0.15) is 30.0 Å². The fraction of sp³-hybridized carbons (Fsp3) is 0.429. The molecule has 0 saturated heterocycles. The van der Waals surface area contributed by atoms with Gasteiger partial charge in [-0.05, 0) is 37.5 Å². The molecule has 0 aromatic heterocycles. The third-order valence-electron chi connectivity index (χ3n) is 2.87. The number of carboxylic acids is 1. The van der Waals surface area contributed by atoms with Crippen LogP contribution in [0.3, 0.4) is 0 Å². The van der Waals surface area contributed by atoms with Gasteiger partial charge < -0.3 is 10.4 Å². The second kappa shape index (κ2) is 6.19. The molecule has 0 bridgehead atoms. The van der Waals surface area contributed by atoms with Crippen LogP contribution in [-0.4, -0.2) is 23.0 Å². The first-order valence-electron chi connectivity index (χ1n) is 5.96. The molecular weight excluding hydrogens is 230 g/mol. The molecule has 0 radical (unpaired) electrons.